The molecule has 2 saturated heterocycles. The molecule has 1 N–H and O–H groups in total. The Labute approximate surface area is 134 Å². The second-order valence-electron chi connectivity index (χ2n) is 6.31. The zero-order valence-electron chi connectivity index (χ0n) is 12.4. The van der Waals surface area contributed by atoms with Gasteiger partial charge in [0, 0.05) is 18.7 Å². The largest absolute Gasteiger partial charge is 0.387 e. The van der Waals surface area contributed by atoms with Crippen molar-refractivity contribution in [2.24, 2.45) is 0 Å². The van der Waals surface area contributed by atoms with Gasteiger partial charge in [-0.1, -0.05) is 11.6 Å². The predicted molar refractivity (Wildman–Crippen MR) is 82.6 cm³/mol. The molecule has 0 radical (unpaired) electrons. The number of hydrogen-bond donors (Lipinski definition) is 1. The van der Waals surface area contributed by atoms with Gasteiger partial charge < -0.3 is 14.9 Å². The molecule has 0 saturated carbocycles. The Balaban J connectivity index is 1.65. The average molecular weight is 327 g/mol. The summed E-state index contributed by atoms with van der Waals surface area (Å²) in [7, 11) is 0. The lowest BCUT2D eigenvalue weighted by Gasteiger charge is -2.28. The van der Waals surface area contributed by atoms with E-state index < -0.39 is 11.4 Å². The number of halogens is 2. The van der Waals surface area contributed by atoms with Gasteiger partial charge in [0.2, 0.25) is 0 Å². The normalized spacial score (nSPS) is 25.9. The van der Waals surface area contributed by atoms with Crippen molar-refractivity contribution in [3.8, 4) is 0 Å². The highest BCUT2D eigenvalue weighted by molar-refractivity contribution is 6.31. The summed E-state index contributed by atoms with van der Waals surface area (Å²) in [4.78, 5) is 16.3. The summed E-state index contributed by atoms with van der Waals surface area (Å²) in [6, 6.07) is 3.97. The van der Waals surface area contributed by atoms with E-state index in [4.69, 9.17) is 11.6 Å². The third-order valence-electron chi connectivity index (χ3n) is 4.50. The molecule has 6 heteroatoms. The van der Waals surface area contributed by atoms with Crippen LogP contribution in [0.4, 0.5) is 4.39 Å². The number of benzene rings is 1. The van der Waals surface area contributed by atoms with E-state index in [-0.39, 0.29) is 10.9 Å². The van der Waals surface area contributed by atoms with Crippen LogP contribution in [-0.4, -0.2) is 59.1 Å². The van der Waals surface area contributed by atoms with Crippen LogP contribution < -0.4 is 0 Å². The molecule has 1 amide bonds. The molecule has 2 aliphatic heterocycles. The summed E-state index contributed by atoms with van der Waals surface area (Å²) >= 11 is 5.73. The first-order valence-corrected chi connectivity index (χ1v) is 8.04. The summed E-state index contributed by atoms with van der Waals surface area (Å²) in [5, 5.41) is 10.6. The number of nitrogens with zero attached hydrogens (tertiary/aromatic N) is 2. The van der Waals surface area contributed by atoms with E-state index in [1.807, 2.05) is 0 Å². The van der Waals surface area contributed by atoms with E-state index in [0.29, 0.717) is 31.6 Å². The molecule has 0 bridgehead atoms. The van der Waals surface area contributed by atoms with Crippen LogP contribution in [0.1, 0.15) is 29.6 Å². The van der Waals surface area contributed by atoms with Crippen LogP contribution in [0.2, 0.25) is 5.02 Å². The maximum atomic E-state index is 13.2. The molecule has 1 aromatic rings. The SMILES string of the molecule is O=C(c1ccc(F)c(Cl)c1)N1CC[C@](O)(CN2CCCC2)C1. The Kier molecular flexibility index (Phi) is 4.39. The molecule has 1 aromatic carbocycles. The highest BCUT2D eigenvalue weighted by atomic mass is 35.5. The van der Waals surface area contributed by atoms with Crippen LogP contribution in [0.5, 0.6) is 0 Å². The van der Waals surface area contributed by atoms with Crippen molar-refractivity contribution in [3.63, 3.8) is 0 Å². The predicted octanol–water partition coefficient (Wildman–Crippen LogP) is 2.15. The summed E-state index contributed by atoms with van der Waals surface area (Å²) in [5.41, 5.74) is -0.485. The second-order valence-corrected chi connectivity index (χ2v) is 6.72. The fraction of sp³-hybridized carbons (Fsp3) is 0.562. The van der Waals surface area contributed by atoms with E-state index in [0.717, 1.165) is 13.1 Å². The van der Waals surface area contributed by atoms with E-state index in [9.17, 15) is 14.3 Å². The van der Waals surface area contributed by atoms with Gasteiger partial charge in [0.15, 0.2) is 0 Å². The standard InChI is InChI=1S/C16H20ClFN2O2/c17-13-9-12(3-4-14(13)18)15(21)20-8-5-16(22,11-20)10-19-6-1-2-7-19/h3-4,9,22H,1-2,5-8,10-11H2/t16-/m0/s1. The maximum absolute atomic E-state index is 13.2. The Morgan fingerprint density at radius 3 is 2.73 bits per heavy atom. The monoisotopic (exact) mass is 326 g/mol. The van der Waals surface area contributed by atoms with Gasteiger partial charge in [-0.15, -0.1) is 0 Å². The van der Waals surface area contributed by atoms with Crippen LogP contribution >= 0.6 is 11.6 Å². The number of aliphatic hydroxyl groups is 1. The van der Waals surface area contributed by atoms with Gasteiger partial charge in [0.25, 0.3) is 5.91 Å². The second kappa shape index (κ2) is 6.14. The number of carbonyl (C=O) groups is 1. The van der Waals surface area contributed by atoms with E-state index in [1.54, 1.807) is 4.90 Å². The molecule has 1 atom stereocenters. The first-order valence-electron chi connectivity index (χ1n) is 7.66. The molecule has 120 valence electrons. The minimum atomic E-state index is -0.843. The molecule has 0 aromatic heterocycles. The highest BCUT2D eigenvalue weighted by Gasteiger charge is 2.40. The molecular weight excluding hydrogens is 307 g/mol. The van der Waals surface area contributed by atoms with Crippen LogP contribution in [0.3, 0.4) is 0 Å². The molecule has 0 unspecified atom stereocenters. The van der Waals surface area contributed by atoms with Crippen LogP contribution in [0, 0.1) is 5.82 Å². The Morgan fingerprint density at radius 2 is 2.05 bits per heavy atom. The van der Waals surface area contributed by atoms with Gasteiger partial charge in [0.05, 0.1) is 17.2 Å². The van der Waals surface area contributed by atoms with Gasteiger partial charge in [-0.25, -0.2) is 4.39 Å². The molecule has 3 rings (SSSR count). The zero-order valence-corrected chi connectivity index (χ0v) is 13.2. The van der Waals surface area contributed by atoms with Crippen LogP contribution in [0.25, 0.3) is 0 Å². The first-order chi connectivity index (χ1) is 10.5. The molecule has 2 heterocycles. The Bertz CT molecular complexity index is 577. The molecule has 0 aliphatic carbocycles. The Hall–Kier alpha value is -1.17. The number of carbonyl (C=O) groups excluding carboxylic acids is 1. The maximum Gasteiger partial charge on any atom is 0.254 e. The zero-order chi connectivity index (χ0) is 15.7. The third-order valence-corrected chi connectivity index (χ3v) is 4.79. The number of β-amino-alcohol motifs (C(OH)–C–C–N with tert-alkyl or cyclic N) is 1. The Morgan fingerprint density at radius 1 is 1.32 bits per heavy atom. The van der Waals surface area contributed by atoms with Gasteiger partial charge >= 0.3 is 0 Å². The van der Waals surface area contributed by atoms with Crippen LogP contribution in [0.15, 0.2) is 18.2 Å². The van der Waals surface area contributed by atoms with Gasteiger partial charge in [-0.2, -0.15) is 0 Å². The minimum absolute atomic E-state index is 0.0580. The van der Waals surface area contributed by atoms with Gasteiger partial charge in [-0.3, -0.25) is 4.79 Å². The van der Waals surface area contributed by atoms with E-state index >= 15 is 0 Å². The number of rotatable bonds is 3. The quantitative estimate of drug-likeness (QED) is 0.925. The number of likely N-dealkylation sites (tertiary alicyclic amines) is 2. The summed E-state index contributed by atoms with van der Waals surface area (Å²) < 4.78 is 13.2. The van der Waals surface area contributed by atoms with E-state index in [2.05, 4.69) is 4.90 Å². The van der Waals surface area contributed by atoms with Crippen molar-refractivity contribution in [2.75, 3.05) is 32.7 Å². The molecule has 2 fully saturated rings. The number of hydrogen-bond acceptors (Lipinski definition) is 3. The molecule has 2 aliphatic rings. The van der Waals surface area contributed by atoms with Gasteiger partial charge in [0.1, 0.15) is 5.82 Å². The van der Waals surface area contributed by atoms with Crippen molar-refractivity contribution in [2.45, 2.75) is 24.9 Å². The van der Waals surface area contributed by atoms with Crippen molar-refractivity contribution in [1.82, 2.24) is 9.80 Å². The molecule has 22 heavy (non-hydrogen) atoms. The van der Waals surface area contributed by atoms with Crippen molar-refractivity contribution >= 4 is 17.5 Å². The lowest BCUT2D eigenvalue weighted by molar-refractivity contribution is 0.0175. The minimum Gasteiger partial charge on any atom is -0.387 e. The summed E-state index contributed by atoms with van der Waals surface area (Å²) in [6.45, 7) is 3.48. The van der Waals surface area contributed by atoms with Crippen LogP contribution in [-0.2, 0) is 0 Å². The molecular formula is C16H20ClFN2O2. The molecule has 4 nitrogen and oxygen atoms in total. The fourth-order valence-corrected chi connectivity index (χ4v) is 3.51. The summed E-state index contributed by atoms with van der Waals surface area (Å²) in [5.74, 6) is -0.746. The smallest absolute Gasteiger partial charge is 0.254 e. The molecule has 0 spiro atoms. The lowest BCUT2D eigenvalue weighted by Crippen LogP contribution is -2.45. The van der Waals surface area contributed by atoms with Crippen molar-refractivity contribution in [1.29, 1.82) is 0 Å². The lowest BCUT2D eigenvalue weighted by atomic mass is 10.0. The van der Waals surface area contributed by atoms with Gasteiger partial charge in [-0.05, 0) is 50.6 Å². The number of amides is 1. The average Bonchev–Trinajstić information content (AvgIpc) is 3.11. The first kappa shape index (κ1) is 15.7. The van der Waals surface area contributed by atoms with Crippen molar-refractivity contribution in [3.05, 3.63) is 34.6 Å². The summed E-state index contributed by atoms with van der Waals surface area (Å²) in [6.07, 6.45) is 2.92. The topological polar surface area (TPSA) is 43.8 Å². The highest BCUT2D eigenvalue weighted by Crippen LogP contribution is 2.26. The van der Waals surface area contributed by atoms with Crippen molar-refractivity contribution < 1.29 is 14.3 Å². The van der Waals surface area contributed by atoms with E-state index in [1.165, 1.54) is 31.0 Å². The third kappa shape index (κ3) is 3.26. The fourth-order valence-electron chi connectivity index (χ4n) is 3.33.